The molecule has 0 radical (unpaired) electrons. The van der Waals surface area contributed by atoms with Gasteiger partial charge in [0, 0.05) is 26.6 Å². The van der Waals surface area contributed by atoms with E-state index in [0.29, 0.717) is 19.6 Å². The van der Waals surface area contributed by atoms with Crippen LogP contribution in [0.1, 0.15) is 109 Å². The number of hydrogen-bond donors (Lipinski definition) is 0. The minimum absolute atomic E-state index is 0.000343. The maximum atomic E-state index is 11.3. The van der Waals surface area contributed by atoms with E-state index in [9.17, 15) is 4.79 Å². The first-order chi connectivity index (χ1) is 13.7. The maximum absolute atomic E-state index is 11.3. The van der Waals surface area contributed by atoms with Crippen molar-refractivity contribution < 1.29 is 23.7 Å². The van der Waals surface area contributed by atoms with E-state index in [1.54, 1.807) is 0 Å². The Morgan fingerprint density at radius 1 is 0.677 bits per heavy atom. The highest BCUT2D eigenvalue weighted by Gasteiger charge is 2.41. The lowest BCUT2D eigenvalue weighted by Crippen LogP contribution is -2.46. The van der Waals surface area contributed by atoms with Crippen LogP contribution in [0.4, 0.5) is 0 Å². The number of carbonyl (C=O) groups is 1. The average Bonchev–Trinajstić information content (AvgIpc) is 2.51. The van der Waals surface area contributed by atoms with Crippen LogP contribution in [0.2, 0.25) is 0 Å². The summed E-state index contributed by atoms with van der Waals surface area (Å²) in [6, 6.07) is 0. The fraction of sp³-hybridized carbons (Fsp3) is 0.962. The van der Waals surface area contributed by atoms with Crippen LogP contribution >= 0.6 is 0 Å². The van der Waals surface area contributed by atoms with Gasteiger partial charge in [-0.05, 0) is 79.1 Å². The number of rotatable bonds is 15. The van der Waals surface area contributed by atoms with Crippen molar-refractivity contribution in [2.24, 2.45) is 10.8 Å². The summed E-state index contributed by atoms with van der Waals surface area (Å²) in [7, 11) is 0. The van der Waals surface area contributed by atoms with Gasteiger partial charge in [0.05, 0.1) is 23.9 Å². The Kier molecular flexibility index (Phi) is 11.2. The van der Waals surface area contributed by atoms with E-state index in [1.807, 2.05) is 13.8 Å². The third kappa shape index (κ3) is 10.7. The van der Waals surface area contributed by atoms with Gasteiger partial charge in [0.1, 0.15) is 5.60 Å². The SMILES string of the molecule is CC(=O)OC(C)(C)CCOC(C)(C)C(C)(C)CCOC(C)(C)C(C)(C)CCOC(C)C. The summed E-state index contributed by atoms with van der Waals surface area (Å²) >= 11 is 0. The summed E-state index contributed by atoms with van der Waals surface area (Å²) in [5, 5.41) is 0. The summed E-state index contributed by atoms with van der Waals surface area (Å²) in [6.45, 7) is 28.9. The van der Waals surface area contributed by atoms with Gasteiger partial charge in [-0.3, -0.25) is 4.79 Å². The molecule has 0 aliphatic rings. The Balaban J connectivity index is 4.73. The van der Waals surface area contributed by atoms with E-state index in [2.05, 4.69) is 69.2 Å². The predicted molar refractivity (Wildman–Crippen MR) is 128 cm³/mol. The fourth-order valence-electron chi connectivity index (χ4n) is 3.10. The van der Waals surface area contributed by atoms with Gasteiger partial charge in [0.25, 0.3) is 0 Å². The van der Waals surface area contributed by atoms with E-state index in [-0.39, 0.29) is 34.1 Å². The largest absolute Gasteiger partial charge is 0.460 e. The molecule has 0 spiro atoms. The third-order valence-electron chi connectivity index (χ3n) is 7.21. The lowest BCUT2D eigenvalue weighted by atomic mass is 9.73. The standard InChI is InChI=1S/C26H52O5/c1-20(2)28-17-14-22(4,5)25(10,11)29-18-15-23(6,7)26(12,13)30-19-16-24(8,9)31-21(3)27/h20H,14-19H2,1-13H3. The second-order valence-corrected chi connectivity index (χ2v) is 12.0. The molecule has 0 fully saturated rings. The van der Waals surface area contributed by atoms with Crippen LogP contribution in [0.25, 0.3) is 0 Å². The Hall–Kier alpha value is -0.650. The zero-order valence-corrected chi connectivity index (χ0v) is 22.9. The number of ether oxygens (including phenoxy) is 4. The van der Waals surface area contributed by atoms with E-state index >= 15 is 0 Å². The quantitative estimate of drug-likeness (QED) is 0.267. The Morgan fingerprint density at radius 2 is 1.06 bits per heavy atom. The van der Waals surface area contributed by atoms with Gasteiger partial charge in [-0.15, -0.1) is 0 Å². The molecule has 0 N–H and O–H groups in total. The summed E-state index contributed by atoms with van der Waals surface area (Å²) in [4.78, 5) is 11.3. The predicted octanol–water partition coefficient (Wildman–Crippen LogP) is 6.57. The zero-order chi connectivity index (χ0) is 24.7. The van der Waals surface area contributed by atoms with Gasteiger partial charge in [0.15, 0.2) is 0 Å². The number of hydrogen-bond acceptors (Lipinski definition) is 5. The monoisotopic (exact) mass is 444 g/mol. The van der Waals surface area contributed by atoms with Crippen LogP contribution in [-0.2, 0) is 23.7 Å². The Labute approximate surface area is 192 Å². The molecule has 0 atom stereocenters. The first-order valence-corrected chi connectivity index (χ1v) is 11.8. The molecule has 0 unspecified atom stereocenters. The highest BCUT2D eigenvalue weighted by Crippen LogP contribution is 2.40. The van der Waals surface area contributed by atoms with Gasteiger partial charge in [-0.2, -0.15) is 0 Å². The van der Waals surface area contributed by atoms with E-state index in [0.717, 1.165) is 19.4 Å². The first-order valence-electron chi connectivity index (χ1n) is 11.8. The Bertz CT molecular complexity index is 544. The zero-order valence-electron chi connectivity index (χ0n) is 22.9. The molecule has 0 amide bonds. The number of esters is 1. The minimum Gasteiger partial charge on any atom is -0.460 e. The fourth-order valence-corrected chi connectivity index (χ4v) is 3.10. The molecule has 0 aliphatic heterocycles. The molecular formula is C26H52O5. The molecule has 5 nitrogen and oxygen atoms in total. The van der Waals surface area contributed by atoms with Gasteiger partial charge in [-0.1, -0.05) is 27.7 Å². The smallest absolute Gasteiger partial charge is 0.303 e. The number of carbonyl (C=O) groups excluding carboxylic acids is 1. The molecule has 0 aromatic heterocycles. The molecule has 0 rings (SSSR count). The summed E-state index contributed by atoms with van der Waals surface area (Å²) in [5.41, 5.74) is -1.21. The average molecular weight is 445 g/mol. The normalized spacial score (nSPS) is 14.3. The molecule has 186 valence electrons. The van der Waals surface area contributed by atoms with E-state index in [1.165, 1.54) is 6.92 Å². The molecule has 0 heterocycles. The molecule has 5 heteroatoms. The Morgan fingerprint density at radius 3 is 1.45 bits per heavy atom. The second-order valence-electron chi connectivity index (χ2n) is 12.0. The van der Waals surface area contributed by atoms with Crippen molar-refractivity contribution in [3.63, 3.8) is 0 Å². The lowest BCUT2D eigenvalue weighted by molar-refractivity contribution is -0.161. The topological polar surface area (TPSA) is 54.0 Å². The van der Waals surface area contributed by atoms with Gasteiger partial charge >= 0.3 is 5.97 Å². The molecule has 0 saturated carbocycles. The molecule has 0 aromatic carbocycles. The molecule has 0 aromatic rings. The summed E-state index contributed by atoms with van der Waals surface area (Å²) in [5.74, 6) is -0.261. The van der Waals surface area contributed by atoms with Gasteiger partial charge in [-0.25, -0.2) is 0 Å². The van der Waals surface area contributed by atoms with Crippen molar-refractivity contribution in [1.82, 2.24) is 0 Å². The van der Waals surface area contributed by atoms with Crippen LogP contribution in [0, 0.1) is 10.8 Å². The van der Waals surface area contributed by atoms with Crippen molar-refractivity contribution in [3.8, 4) is 0 Å². The van der Waals surface area contributed by atoms with Crippen LogP contribution < -0.4 is 0 Å². The second kappa shape index (κ2) is 11.5. The van der Waals surface area contributed by atoms with Crippen LogP contribution in [0.15, 0.2) is 0 Å². The van der Waals surface area contributed by atoms with Crippen molar-refractivity contribution >= 4 is 5.97 Å². The summed E-state index contributed by atoms with van der Waals surface area (Å²) < 4.78 is 23.8. The molecule has 0 saturated heterocycles. The van der Waals surface area contributed by atoms with Gasteiger partial charge in [0.2, 0.25) is 0 Å². The summed E-state index contributed by atoms with van der Waals surface area (Å²) in [6.07, 6.45) is 2.74. The lowest BCUT2D eigenvalue weighted by Gasteiger charge is -2.45. The van der Waals surface area contributed by atoms with Crippen molar-refractivity contribution in [2.75, 3.05) is 19.8 Å². The van der Waals surface area contributed by atoms with Crippen molar-refractivity contribution in [1.29, 1.82) is 0 Å². The van der Waals surface area contributed by atoms with E-state index < -0.39 is 5.60 Å². The minimum atomic E-state index is -0.524. The van der Waals surface area contributed by atoms with Crippen LogP contribution in [0.5, 0.6) is 0 Å². The van der Waals surface area contributed by atoms with Crippen LogP contribution in [-0.4, -0.2) is 48.7 Å². The highest BCUT2D eigenvalue weighted by atomic mass is 16.6. The molecule has 31 heavy (non-hydrogen) atoms. The first kappa shape index (κ1) is 30.4. The maximum Gasteiger partial charge on any atom is 0.303 e. The van der Waals surface area contributed by atoms with Gasteiger partial charge < -0.3 is 18.9 Å². The van der Waals surface area contributed by atoms with Crippen LogP contribution in [0.3, 0.4) is 0 Å². The van der Waals surface area contributed by atoms with Crippen molar-refractivity contribution in [3.05, 3.63) is 0 Å². The van der Waals surface area contributed by atoms with E-state index in [4.69, 9.17) is 18.9 Å². The highest BCUT2D eigenvalue weighted by molar-refractivity contribution is 5.66. The third-order valence-corrected chi connectivity index (χ3v) is 7.21. The molecule has 0 bridgehead atoms. The molecule has 0 aliphatic carbocycles. The molecular weight excluding hydrogens is 392 g/mol. The van der Waals surface area contributed by atoms with Crippen molar-refractivity contribution in [2.45, 2.75) is 132 Å².